The topological polar surface area (TPSA) is 57.6 Å². The predicted octanol–water partition coefficient (Wildman–Crippen LogP) is 6.24. The van der Waals surface area contributed by atoms with Crippen molar-refractivity contribution in [3.8, 4) is 0 Å². The number of hydrogen-bond donors (Lipinski definition) is 1. The Bertz CT molecular complexity index is 1190. The Morgan fingerprint density at radius 2 is 1.61 bits per heavy atom. The Morgan fingerprint density at radius 1 is 0.968 bits per heavy atom. The third-order valence-electron chi connectivity index (χ3n) is 4.99. The number of halogens is 2. The fourth-order valence-corrected chi connectivity index (χ4v) is 4.14. The van der Waals surface area contributed by atoms with Gasteiger partial charge in [-0.05, 0) is 76.2 Å². The quantitative estimate of drug-likeness (QED) is 0.285. The van der Waals surface area contributed by atoms with E-state index in [9.17, 15) is 14.7 Å². The van der Waals surface area contributed by atoms with Crippen LogP contribution >= 0.6 is 38.5 Å². The van der Waals surface area contributed by atoms with E-state index in [0.717, 1.165) is 19.2 Å². The van der Waals surface area contributed by atoms with Crippen molar-refractivity contribution < 1.29 is 14.7 Å². The van der Waals surface area contributed by atoms with Gasteiger partial charge in [0.2, 0.25) is 0 Å². The summed E-state index contributed by atoms with van der Waals surface area (Å²) in [5.74, 6) is -1.52. The summed E-state index contributed by atoms with van der Waals surface area (Å²) in [6.07, 6.45) is 3.08. The van der Waals surface area contributed by atoms with Gasteiger partial charge in [0, 0.05) is 13.7 Å². The van der Waals surface area contributed by atoms with E-state index in [1.54, 1.807) is 6.08 Å². The zero-order chi connectivity index (χ0) is 22.0. The van der Waals surface area contributed by atoms with Gasteiger partial charge in [0.25, 0.3) is 5.91 Å². The average molecular weight is 586 g/mol. The van der Waals surface area contributed by atoms with Crippen molar-refractivity contribution in [1.29, 1.82) is 0 Å². The zero-order valence-electron chi connectivity index (χ0n) is 16.2. The van der Waals surface area contributed by atoms with Crippen LogP contribution in [0.25, 0.3) is 6.08 Å². The number of amides is 1. The maximum absolute atomic E-state index is 13.2. The molecule has 0 aromatic heterocycles. The number of hydrogen-bond acceptors (Lipinski definition) is 3. The van der Waals surface area contributed by atoms with Crippen LogP contribution in [0.5, 0.6) is 0 Å². The first-order valence-corrected chi connectivity index (χ1v) is 11.4. The molecule has 0 radical (unpaired) electrons. The standard InChI is InChI=1S/C25H17BrINO3/c26-18-9-7-17(8-10-18)23-22(21(29)15-6-16-4-2-1-3-5-16)24(30)25(31)28(23)20-13-11-19(27)12-14-20/h1-15,23,30H/b15-6+/t23-/m0/s1. The van der Waals surface area contributed by atoms with Crippen LogP contribution in [-0.2, 0) is 9.59 Å². The lowest BCUT2D eigenvalue weighted by Gasteiger charge is -2.26. The minimum Gasteiger partial charge on any atom is -0.503 e. The first-order valence-electron chi connectivity index (χ1n) is 9.51. The molecule has 1 heterocycles. The largest absolute Gasteiger partial charge is 0.503 e. The van der Waals surface area contributed by atoms with Crippen molar-refractivity contribution in [2.75, 3.05) is 4.90 Å². The molecule has 0 saturated heterocycles. The summed E-state index contributed by atoms with van der Waals surface area (Å²) in [4.78, 5) is 27.7. The number of nitrogens with zero attached hydrogens (tertiary/aromatic N) is 1. The van der Waals surface area contributed by atoms with E-state index in [-0.39, 0.29) is 5.57 Å². The van der Waals surface area contributed by atoms with E-state index in [4.69, 9.17) is 0 Å². The first kappa shape index (κ1) is 21.5. The second-order valence-electron chi connectivity index (χ2n) is 6.98. The van der Waals surface area contributed by atoms with Gasteiger partial charge in [-0.2, -0.15) is 0 Å². The Labute approximate surface area is 202 Å². The highest BCUT2D eigenvalue weighted by atomic mass is 127. The van der Waals surface area contributed by atoms with E-state index in [1.165, 1.54) is 11.0 Å². The molecule has 0 fully saturated rings. The van der Waals surface area contributed by atoms with E-state index >= 15 is 0 Å². The second-order valence-corrected chi connectivity index (χ2v) is 9.14. The normalized spacial score (nSPS) is 16.4. The lowest BCUT2D eigenvalue weighted by molar-refractivity contribution is -0.117. The first-order chi connectivity index (χ1) is 15.0. The molecular weight excluding hydrogens is 569 g/mol. The van der Waals surface area contributed by atoms with Crippen LogP contribution in [0.4, 0.5) is 5.69 Å². The van der Waals surface area contributed by atoms with Gasteiger partial charge in [-0.1, -0.05) is 64.5 Å². The van der Waals surface area contributed by atoms with Gasteiger partial charge in [-0.3, -0.25) is 14.5 Å². The maximum Gasteiger partial charge on any atom is 0.294 e. The summed E-state index contributed by atoms with van der Waals surface area (Å²) in [5.41, 5.74) is 2.27. The molecule has 0 spiro atoms. The van der Waals surface area contributed by atoms with Gasteiger partial charge >= 0.3 is 0 Å². The van der Waals surface area contributed by atoms with Gasteiger partial charge in [0.1, 0.15) is 0 Å². The highest BCUT2D eigenvalue weighted by Crippen LogP contribution is 2.41. The number of allylic oxidation sites excluding steroid dienone is 1. The van der Waals surface area contributed by atoms with Gasteiger partial charge in [-0.15, -0.1) is 0 Å². The van der Waals surface area contributed by atoms with Gasteiger partial charge in [0.15, 0.2) is 11.5 Å². The van der Waals surface area contributed by atoms with Crippen molar-refractivity contribution in [3.63, 3.8) is 0 Å². The van der Waals surface area contributed by atoms with Gasteiger partial charge < -0.3 is 5.11 Å². The molecule has 6 heteroatoms. The van der Waals surface area contributed by atoms with E-state index < -0.39 is 23.5 Å². The number of rotatable bonds is 5. The van der Waals surface area contributed by atoms with E-state index in [0.29, 0.717) is 5.69 Å². The highest BCUT2D eigenvalue weighted by Gasteiger charge is 2.43. The van der Waals surface area contributed by atoms with Crippen molar-refractivity contribution in [3.05, 3.63) is 115 Å². The van der Waals surface area contributed by atoms with Crippen molar-refractivity contribution in [2.45, 2.75) is 6.04 Å². The predicted molar refractivity (Wildman–Crippen MR) is 134 cm³/mol. The number of benzene rings is 3. The molecule has 0 bridgehead atoms. The number of ketones is 1. The zero-order valence-corrected chi connectivity index (χ0v) is 19.9. The number of carbonyl (C=O) groups excluding carboxylic acids is 2. The molecule has 1 aliphatic heterocycles. The molecule has 31 heavy (non-hydrogen) atoms. The average Bonchev–Trinajstić information content (AvgIpc) is 3.05. The minimum atomic E-state index is -0.728. The highest BCUT2D eigenvalue weighted by molar-refractivity contribution is 14.1. The van der Waals surface area contributed by atoms with Crippen molar-refractivity contribution in [1.82, 2.24) is 0 Å². The molecule has 0 saturated carbocycles. The smallest absolute Gasteiger partial charge is 0.294 e. The molecule has 3 aromatic rings. The Kier molecular flexibility index (Phi) is 6.38. The lowest BCUT2D eigenvalue weighted by Crippen LogP contribution is -2.30. The monoisotopic (exact) mass is 585 g/mol. The van der Waals surface area contributed by atoms with Gasteiger partial charge in [-0.25, -0.2) is 0 Å². The summed E-state index contributed by atoms with van der Waals surface area (Å²) in [6, 6.07) is 23.4. The third-order valence-corrected chi connectivity index (χ3v) is 6.24. The number of carbonyl (C=O) groups is 2. The number of anilines is 1. The minimum absolute atomic E-state index is 0.0676. The summed E-state index contributed by atoms with van der Waals surface area (Å²) >= 11 is 5.61. The van der Waals surface area contributed by atoms with Crippen LogP contribution in [0, 0.1) is 3.57 Å². The van der Waals surface area contributed by atoms with Gasteiger partial charge in [0.05, 0.1) is 11.6 Å². The molecule has 1 amide bonds. The van der Waals surface area contributed by atoms with E-state index in [1.807, 2.05) is 78.9 Å². The molecule has 1 aliphatic rings. The number of aliphatic hydroxyl groups is 1. The molecule has 0 aliphatic carbocycles. The summed E-state index contributed by atoms with van der Waals surface area (Å²) < 4.78 is 1.90. The van der Waals surface area contributed by atoms with Crippen LogP contribution in [0.2, 0.25) is 0 Å². The fourth-order valence-electron chi connectivity index (χ4n) is 3.51. The second kappa shape index (κ2) is 9.20. The maximum atomic E-state index is 13.2. The van der Waals surface area contributed by atoms with Crippen LogP contribution in [0.3, 0.4) is 0 Å². The molecule has 3 aromatic carbocycles. The number of aliphatic hydroxyl groups excluding tert-OH is 1. The summed E-state index contributed by atoms with van der Waals surface area (Å²) in [6.45, 7) is 0. The van der Waals surface area contributed by atoms with Crippen LogP contribution in [0.1, 0.15) is 17.2 Å². The van der Waals surface area contributed by atoms with Crippen LogP contribution < -0.4 is 4.90 Å². The molecule has 1 N–H and O–H groups in total. The molecule has 154 valence electrons. The lowest BCUT2D eigenvalue weighted by atomic mass is 9.95. The molecule has 1 atom stereocenters. The third kappa shape index (κ3) is 4.50. The molecule has 4 rings (SSSR count). The fraction of sp³-hybridized carbons (Fsp3) is 0.0400. The van der Waals surface area contributed by atoms with Crippen LogP contribution in [0.15, 0.2) is 101 Å². The van der Waals surface area contributed by atoms with Crippen molar-refractivity contribution >= 4 is 62.0 Å². The molecule has 4 nitrogen and oxygen atoms in total. The molecule has 0 unspecified atom stereocenters. The Morgan fingerprint density at radius 3 is 2.26 bits per heavy atom. The Balaban J connectivity index is 1.78. The van der Waals surface area contributed by atoms with E-state index in [2.05, 4.69) is 38.5 Å². The SMILES string of the molecule is O=C(/C=C/c1ccccc1)C1=C(O)C(=O)N(c2ccc(I)cc2)[C@H]1c1ccc(Br)cc1. The summed E-state index contributed by atoms with van der Waals surface area (Å²) in [7, 11) is 0. The summed E-state index contributed by atoms with van der Waals surface area (Å²) in [5, 5.41) is 10.7. The Hall–Kier alpha value is -2.71. The molecular formula is C25H17BrINO3. The van der Waals surface area contributed by atoms with Crippen LogP contribution in [-0.4, -0.2) is 16.8 Å². The van der Waals surface area contributed by atoms with Crippen molar-refractivity contribution in [2.24, 2.45) is 0 Å².